The lowest BCUT2D eigenvalue weighted by molar-refractivity contribution is -0.129. The van der Waals surface area contributed by atoms with Gasteiger partial charge in [0.05, 0.1) is 0 Å². The summed E-state index contributed by atoms with van der Waals surface area (Å²) < 4.78 is 0. The zero-order chi connectivity index (χ0) is 11.3. The van der Waals surface area contributed by atoms with Gasteiger partial charge in [-0.25, -0.2) is 0 Å². The van der Waals surface area contributed by atoms with E-state index in [0.29, 0.717) is 19.0 Å². The molecule has 0 aromatic heterocycles. The van der Waals surface area contributed by atoms with Gasteiger partial charge in [0.2, 0.25) is 5.91 Å². The van der Waals surface area contributed by atoms with Crippen LogP contribution >= 0.6 is 0 Å². The Labute approximate surface area is 92.2 Å². The molecule has 1 unspecified atom stereocenters. The van der Waals surface area contributed by atoms with Crippen LogP contribution in [-0.2, 0) is 4.79 Å². The number of hydrogen-bond donors (Lipinski definition) is 2. The molecular weight excluding hydrogens is 190 g/mol. The van der Waals surface area contributed by atoms with Gasteiger partial charge in [0.1, 0.15) is 0 Å². The average molecular weight is 213 g/mol. The van der Waals surface area contributed by atoms with Crippen molar-refractivity contribution in [1.82, 2.24) is 10.2 Å². The number of rotatable bonds is 5. The summed E-state index contributed by atoms with van der Waals surface area (Å²) in [4.78, 5) is 13.1. The summed E-state index contributed by atoms with van der Waals surface area (Å²) >= 11 is 0. The molecule has 88 valence electrons. The lowest BCUT2D eigenvalue weighted by atomic mass is 10.1. The number of nitrogens with zero attached hydrogens (tertiary/aromatic N) is 1. The summed E-state index contributed by atoms with van der Waals surface area (Å²) in [5, 5.41) is 3.48. The fraction of sp³-hybridized carbons (Fsp3) is 0.909. The molecule has 3 N–H and O–H groups in total. The van der Waals surface area contributed by atoms with Crippen molar-refractivity contribution in [2.75, 3.05) is 20.6 Å². The first kappa shape index (κ1) is 12.5. The molecule has 4 heteroatoms. The van der Waals surface area contributed by atoms with Gasteiger partial charge in [-0.3, -0.25) is 4.79 Å². The molecule has 0 aromatic rings. The van der Waals surface area contributed by atoms with E-state index in [0.717, 1.165) is 0 Å². The number of carbonyl (C=O) groups excluding carboxylic acids is 1. The Bertz CT molecular complexity index is 200. The topological polar surface area (TPSA) is 58.4 Å². The maximum Gasteiger partial charge on any atom is 0.223 e. The van der Waals surface area contributed by atoms with Crippen molar-refractivity contribution in [3.63, 3.8) is 0 Å². The fourth-order valence-electron chi connectivity index (χ4n) is 2.03. The second kappa shape index (κ2) is 6.08. The van der Waals surface area contributed by atoms with Crippen molar-refractivity contribution in [2.24, 2.45) is 5.73 Å². The summed E-state index contributed by atoms with van der Waals surface area (Å²) in [5.41, 5.74) is 5.67. The van der Waals surface area contributed by atoms with Gasteiger partial charge in [-0.1, -0.05) is 12.8 Å². The minimum absolute atomic E-state index is 0.142. The van der Waals surface area contributed by atoms with E-state index in [1.54, 1.807) is 19.0 Å². The Kier molecular flexibility index (Phi) is 5.05. The van der Waals surface area contributed by atoms with E-state index >= 15 is 0 Å². The Hall–Kier alpha value is -0.610. The standard InChI is InChI=1S/C11H23N3O/c1-14(2)11(15)7-10(8-12)13-9-5-3-4-6-9/h9-10,13H,3-8,12H2,1-2H3. The largest absolute Gasteiger partial charge is 0.349 e. The van der Waals surface area contributed by atoms with Gasteiger partial charge in [-0.05, 0) is 12.8 Å². The van der Waals surface area contributed by atoms with E-state index in [-0.39, 0.29) is 11.9 Å². The number of amides is 1. The number of carbonyl (C=O) groups is 1. The van der Waals surface area contributed by atoms with Crippen molar-refractivity contribution in [2.45, 2.75) is 44.2 Å². The monoisotopic (exact) mass is 213 g/mol. The van der Waals surface area contributed by atoms with E-state index in [2.05, 4.69) is 5.32 Å². The first-order valence-electron chi connectivity index (χ1n) is 5.79. The van der Waals surface area contributed by atoms with Crippen LogP contribution in [0.1, 0.15) is 32.1 Å². The average Bonchev–Trinajstić information content (AvgIpc) is 2.69. The maximum atomic E-state index is 11.5. The third kappa shape index (κ3) is 4.18. The molecule has 1 aliphatic rings. The summed E-state index contributed by atoms with van der Waals surface area (Å²) in [5.74, 6) is 0.149. The Balaban J connectivity index is 2.31. The minimum atomic E-state index is 0.142. The highest BCUT2D eigenvalue weighted by Crippen LogP contribution is 2.18. The first-order chi connectivity index (χ1) is 7.13. The molecular formula is C11H23N3O. The van der Waals surface area contributed by atoms with E-state index in [4.69, 9.17) is 5.73 Å². The summed E-state index contributed by atoms with van der Waals surface area (Å²) in [6.07, 6.45) is 5.58. The van der Waals surface area contributed by atoms with Gasteiger partial charge in [-0.2, -0.15) is 0 Å². The molecule has 0 saturated heterocycles. The molecule has 4 nitrogen and oxygen atoms in total. The minimum Gasteiger partial charge on any atom is -0.349 e. The van der Waals surface area contributed by atoms with Crippen LogP contribution < -0.4 is 11.1 Å². The van der Waals surface area contributed by atoms with E-state index in [1.807, 2.05) is 0 Å². The fourth-order valence-corrected chi connectivity index (χ4v) is 2.03. The molecule has 15 heavy (non-hydrogen) atoms. The van der Waals surface area contributed by atoms with Crippen molar-refractivity contribution < 1.29 is 4.79 Å². The highest BCUT2D eigenvalue weighted by Gasteiger charge is 2.20. The number of nitrogens with one attached hydrogen (secondary N) is 1. The first-order valence-corrected chi connectivity index (χ1v) is 5.79. The molecule has 0 heterocycles. The molecule has 0 radical (unpaired) electrons. The van der Waals surface area contributed by atoms with E-state index in [9.17, 15) is 4.79 Å². The van der Waals surface area contributed by atoms with Crippen molar-refractivity contribution in [3.8, 4) is 0 Å². The Morgan fingerprint density at radius 1 is 1.47 bits per heavy atom. The molecule has 0 spiro atoms. The number of hydrogen-bond acceptors (Lipinski definition) is 3. The lowest BCUT2D eigenvalue weighted by Gasteiger charge is -2.22. The zero-order valence-electron chi connectivity index (χ0n) is 9.83. The summed E-state index contributed by atoms with van der Waals surface area (Å²) in [6.45, 7) is 0.538. The van der Waals surface area contributed by atoms with Gasteiger partial charge >= 0.3 is 0 Å². The molecule has 1 saturated carbocycles. The predicted molar refractivity (Wildman–Crippen MR) is 61.5 cm³/mol. The van der Waals surface area contributed by atoms with Crippen LogP contribution in [0.15, 0.2) is 0 Å². The molecule has 0 aromatic carbocycles. The highest BCUT2D eigenvalue weighted by atomic mass is 16.2. The lowest BCUT2D eigenvalue weighted by Crippen LogP contribution is -2.44. The molecule has 1 atom stereocenters. The van der Waals surface area contributed by atoms with Gasteiger partial charge in [0, 0.05) is 39.1 Å². The maximum absolute atomic E-state index is 11.5. The molecule has 1 aliphatic carbocycles. The van der Waals surface area contributed by atoms with Gasteiger partial charge in [0.15, 0.2) is 0 Å². The van der Waals surface area contributed by atoms with Crippen LogP contribution in [0.3, 0.4) is 0 Å². The Morgan fingerprint density at radius 3 is 2.53 bits per heavy atom. The third-order valence-electron chi connectivity index (χ3n) is 3.03. The quantitative estimate of drug-likeness (QED) is 0.691. The van der Waals surface area contributed by atoms with Crippen molar-refractivity contribution >= 4 is 5.91 Å². The van der Waals surface area contributed by atoms with Gasteiger partial charge in [0.25, 0.3) is 0 Å². The zero-order valence-corrected chi connectivity index (χ0v) is 9.83. The van der Waals surface area contributed by atoms with Gasteiger partial charge < -0.3 is 16.0 Å². The Morgan fingerprint density at radius 2 is 2.07 bits per heavy atom. The summed E-state index contributed by atoms with van der Waals surface area (Å²) in [6, 6.07) is 0.719. The molecule has 0 bridgehead atoms. The van der Waals surface area contributed by atoms with Crippen molar-refractivity contribution in [3.05, 3.63) is 0 Å². The van der Waals surface area contributed by atoms with Crippen molar-refractivity contribution in [1.29, 1.82) is 0 Å². The second-order valence-corrected chi connectivity index (χ2v) is 4.57. The third-order valence-corrected chi connectivity index (χ3v) is 3.03. The van der Waals surface area contributed by atoms with E-state index in [1.165, 1.54) is 25.7 Å². The predicted octanol–water partition coefficient (Wildman–Crippen LogP) is 0.324. The smallest absolute Gasteiger partial charge is 0.223 e. The van der Waals surface area contributed by atoms with Crippen LogP contribution in [0, 0.1) is 0 Å². The van der Waals surface area contributed by atoms with Crippen LogP contribution in [0.4, 0.5) is 0 Å². The van der Waals surface area contributed by atoms with E-state index < -0.39 is 0 Å². The molecule has 1 amide bonds. The van der Waals surface area contributed by atoms with Gasteiger partial charge in [-0.15, -0.1) is 0 Å². The molecule has 1 rings (SSSR count). The summed E-state index contributed by atoms with van der Waals surface area (Å²) in [7, 11) is 3.57. The van der Waals surface area contributed by atoms with Crippen LogP contribution in [0.25, 0.3) is 0 Å². The SMILES string of the molecule is CN(C)C(=O)CC(CN)NC1CCCC1. The van der Waals surface area contributed by atoms with Crippen LogP contribution in [-0.4, -0.2) is 43.5 Å². The highest BCUT2D eigenvalue weighted by molar-refractivity contribution is 5.76. The normalized spacial score (nSPS) is 19.1. The van der Waals surface area contributed by atoms with Crippen LogP contribution in [0.2, 0.25) is 0 Å². The molecule has 1 fully saturated rings. The second-order valence-electron chi connectivity index (χ2n) is 4.57. The molecule has 0 aliphatic heterocycles. The van der Waals surface area contributed by atoms with Crippen LogP contribution in [0.5, 0.6) is 0 Å². The number of nitrogens with two attached hydrogens (primary N) is 1.